The highest BCUT2D eigenvalue weighted by atomic mass is 35.5. The summed E-state index contributed by atoms with van der Waals surface area (Å²) in [6.45, 7) is 3.73. The van der Waals surface area contributed by atoms with Crippen LogP contribution < -0.4 is 5.32 Å². The van der Waals surface area contributed by atoms with E-state index in [1.54, 1.807) is 25.1 Å². The molecule has 10 heteroatoms. The molecule has 156 valence electrons. The third kappa shape index (κ3) is 3.48. The molecule has 0 aliphatic carbocycles. The molecule has 3 atom stereocenters. The predicted octanol–water partition coefficient (Wildman–Crippen LogP) is 0.955. The summed E-state index contributed by atoms with van der Waals surface area (Å²) in [6, 6.07) is 6.41. The number of likely N-dealkylation sites (N-methyl/N-ethyl adjacent to an activating group) is 1. The van der Waals surface area contributed by atoms with Crippen molar-refractivity contribution in [3.8, 4) is 0 Å². The maximum Gasteiger partial charge on any atom is 0.328 e. The van der Waals surface area contributed by atoms with Crippen molar-refractivity contribution in [3.63, 3.8) is 0 Å². The van der Waals surface area contributed by atoms with Crippen LogP contribution in [0.4, 0.5) is 4.79 Å². The van der Waals surface area contributed by atoms with E-state index in [1.807, 2.05) is 30.1 Å². The Kier molecular flexibility index (Phi) is 5.48. The van der Waals surface area contributed by atoms with Gasteiger partial charge < -0.3 is 9.64 Å². The van der Waals surface area contributed by atoms with Crippen molar-refractivity contribution in [2.45, 2.75) is 32.0 Å². The molecule has 0 spiro atoms. The van der Waals surface area contributed by atoms with Crippen molar-refractivity contribution in [3.05, 3.63) is 34.9 Å². The molecule has 3 unspecified atom stereocenters. The van der Waals surface area contributed by atoms with Crippen LogP contribution in [0.15, 0.2) is 29.4 Å². The number of hydrazone groups is 1. The van der Waals surface area contributed by atoms with Crippen molar-refractivity contribution in [2.24, 2.45) is 5.10 Å². The van der Waals surface area contributed by atoms with Gasteiger partial charge in [-0.15, -0.1) is 0 Å². The van der Waals surface area contributed by atoms with Crippen LogP contribution in [-0.4, -0.2) is 89.7 Å². The lowest BCUT2D eigenvalue weighted by Gasteiger charge is -2.42. The number of ether oxygens (including phenoxy) is 1. The van der Waals surface area contributed by atoms with Crippen LogP contribution in [0, 0.1) is 0 Å². The normalized spacial score (nSPS) is 27.2. The highest BCUT2D eigenvalue weighted by Gasteiger charge is 2.56. The van der Waals surface area contributed by atoms with Gasteiger partial charge in [-0.2, -0.15) is 5.10 Å². The molecule has 0 bridgehead atoms. The summed E-state index contributed by atoms with van der Waals surface area (Å²) in [5.41, 5.74) is 1.65. The first-order chi connectivity index (χ1) is 13.9. The quantitative estimate of drug-likeness (QED) is 0.764. The number of hydrogen-bond donors (Lipinski definition) is 1. The summed E-state index contributed by atoms with van der Waals surface area (Å²) >= 11 is 6.26. The van der Waals surface area contributed by atoms with Crippen molar-refractivity contribution in [2.75, 3.05) is 33.9 Å². The molecule has 3 aliphatic rings. The Hall–Kier alpha value is -2.20. The third-order valence-electron chi connectivity index (χ3n) is 5.56. The first-order valence-corrected chi connectivity index (χ1v) is 9.93. The molecule has 4 rings (SSSR count). The summed E-state index contributed by atoms with van der Waals surface area (Å²) in [5.74, 6) is -0.227. The molecule has 9 nitrogen and oxygen atoms in total. The second-order valence-corrected chi connectivity index (χ2v) is 7.91. The maximum absolute atomic E-state index is 13.4. The minimum absolute atomic E-state index is 0.143. The van der Waals surface area contributed by atoms with E-state index >= 15 is 0 Å². The zero-order valence-electron chi connectivity index (χ0n) is 16.7. The Bertz CT molecular complexity index is 849. The Morgan fingerprint density at radius 2 is 2.07 bits per heavy atom. The topological polar surface area (TPSA) is 80.7 Å². The fourth-order valence-electron chi connectivity index (χ4n) is 4.15. The molecule has 1 aromatic carbocycles. The maximum atomic E-state index is 13.4. The van der Waals surface area contributed by atoms with E-state index < -0.39 is 12.2 Å². The summed E-state index contributed by atoms with van der Waals surface area (Å²) in [6.07, 6.45) is -0.697. The molecule has 0 radical (unpaired) electrons. The number of imide groups is 1. The molecule has 1 N–H and O–H groups in total. The number of nitrogens with one attached hydrogen (secondary N) is 1. The molecule has 0 saturated carbocycles. The highest BCUT2D eigenvalue weighted by Crippen LogP contribution is 2.31. The number of halogens is 1. The fraction of sp³-hybridized carbons (Fsp3) is 0.526. The average Bonchev–Trinajstić information content (AvgIpc) is 3.08. The van der Waals surface area contributed by atoms with Gasteiger partial charge in [0.15, 0.2) is 6.29 Å². The molecule has 2 saturated heterocycles. The number of benzene rings is 1. The Morgan fingerprint density at radius 3 is 2.79 bits per heavy atom. The Morgan fingerprint density at radius 1 is 1.31 bits per heavy atom. The van der Waals surface area contributed by atoms with Crippen molar-refractivity contribution in [1.82, 2.24) is 25.0 Å². The molecule has 3 amide bonds. The van der Waals surface area contributed by atoms with Crippen LogP contribution >= 0.6 is 11.6 Å². The molecule has 29 heavy (non-hydrogen) atoms. The first-order valence-electron chi connectivity index (χ1n) is 9.55. The van der Waals surface area contributed by atoms with Crippen molar-refractivity contribution < 1.29 is 14.3 Å². The lowest BCUT2D eigenvalue weighted by atomic mass is 10.1. The third-order valence-corrected chi connectivity index (χ3v) is 5.93. The summed E-state index contributed by atoms with van der Waals surface area (Å²) < 4.78 is 5.19. The van der Waals surface area contributed by atoms with Crippen molar-refractivity contribution in [1.29, 1.82) is 0 Å². The van der Waals surface area contributed by atoms with Crippen molar-refractivity contribution >= 4 is 29.3 Å². The van der Waals surface area contributed by atoms with Gasteiger partial charge >= 0.3 is 6.03 Å². The number of rotatable bonds is 5. The van der Waals surface area contributed by atoms with Gasteiger partial charge in [0, 0.05) is 31.4 Å². The van der Waals surface area contributed by atoms with Crippen LogP contribution in [-0.2, 0) is 16.1 Å². The number of fused-ring (bicyclic) bond motifs is 3. The zero-order chi connectivity index (χ0) is 20.7. The van der Waals surface area contributed by atoms with Gasteiger partial charge in [-0.05, 0) is 18.6 Å². The van der Waals surface area contributed by atoms with Gasteiger partial charge in [0.05, 0.1) is 19.7 Å². The van der Waals surface area contributed by atoms with Crippen LogP contribution in [0.25, 0.3) is 0 Å². The van der Waals surface area contributed by atoms with E-state index in [-0.39, 0.29) is 24.8 Å². The smallest absolute Gasteiger partial charge is 0.328 e. The largest absolute Gasteiger partial charge is 0.383 e. The minimum Gasteiger partial charge on any atom is -0.383 e. The van der Waals surface area contributed by atoms with Gasteiger partial charge in [0.2, 0.25) is 0 Å². The second kappa shape index (κ2) is 7.91. The second-order valence-electron chi connectivity index (χ2n) is 7.50. The molecular weight excluding hydrogens is 396 g/mol. The minimum atomic E-state index is -0.499. The molecule has 1 aromatic rings. The summed E-state index contributed by atoms with van der Waals surface area (Å²) in [7, 11) is 3.35. The van der Waals surface area contributed by atoms with Gasteiger partial charge in [-0.3, -0.25) is 20.0 Å². The molecular formula is C19H25ClN6O3. The molecule has 2 fully saturated rings. The molecule has 3 heterocycles. The number of carbonyl (C=O) groups excluding carboxylic acids is 2. The predicted molar refractivity (Wildman–Crippen MR) is 108 cm³/mol. The number of carbonyl (C=O) groups is 2. The number of methoxy groups -OCH3 is 1. The lowest BCUT2D eigenvalue weighted by Crippen LogP contribution is -2.66. The summed E-state index contributed by atoms with van der Waals surface area (Å²) in [4.78, 5) is 31.4. The average molecular weight is 421 g/mol. The number of nitrogens with zero attached hydrogens (tertiary/aromatic N) is 5. The Labute approximate surface area is 174 Å². The first kappa shape index (κ1) is 20.1. The van der Waals surface area contributed by atoms with Crippen LogP contribution in [0.2, 0.25) is 5.02 Å². The fourth-order valence-corrected chi connectivity index (χ4v) is 4.34. The number of amides is 3. The van der Waals surface area contributed by atoms with E-state index in [0.29, 0.717) is 24.7 Å². The lowest BCUT2D eigenvalue weighted by molar-refractivity contribution is -0.139. The van der Waals surface area contributed by atoms with E-state index in [1.165, 1.54) is 4.90 Å². The number of urea groups is 1. The Balaban J connectivity index is 1.62. The van der Waals surface area contributed by atoms with E-state index in [0.717, 1.165) is 11.3 Å². The van der Waals surface area contributed by atoms with Gasteiger partial charge in [-0.1, -0.05) is 29.8 Å². The molecule has 3 aliphatic heterocycles. The molecule has 0 aromatic heterocycles. The summed E-state index contributed by atoms with van der Waals surface area (Å²) in [5, 5.41) is 10.4. The monoisotopic (exact) mass is 420 g/mol. The van der Waals surface area contributed by atoms with Crippen LogP contribution in [0.1, 0.15) is 12.5 Å². The van der Waals surface area contributed by atoms with Gasteiger partial charge in [0.25, 0.3) is 5.91 Å². The van der Waals surface area contributed by atoms with Gasteiger partial charge in [0.1, 0.15) is 12.2 Å². The SMILES string of the molecule is COCCN1N=C(C)CN2C3C(=O)N(Cc4ccccc4Cl)C(=O)N(C)C3NC12. The van der Waals surface area contributed by atoms with E-state index in [9.17, 15) is 9.59 Å². The number of hydrogen-bond acceptors (Lipinski definition) is 7. The highest BCUT2D eigenvalue weighted by molar-refractivity contribution is 6.31. The van der Waals surface area contributed by atoms with E-state index in [4.69, 9.17) is 16.3 Å². The standard InChI is InChI=1S/C19H25ClN6O3/c1-12-10-24-15-16(21-18(24)26(22-12)8-9-29-3)23(2)19(28)25(17(15)27)11-13-6-4-5-7-14(13)20/h4-7,15-16,18,21H,8-11H2,1-3H3. The van der Waals surface area contributed by atoms with Gasteiger partial charge in [-0.25, -0.2) is 9.69 Å². The van der Waals surface area contributed by atoms with E-state index in [2.05, 4.69) is 15.3 Å². The van der Waals surface area contributed by atoms with Crippen LogP contribution in [0.5, 0.6) is 0 Å². The zero-order valence-corrected chi connectivity index (χ0v) is 17.5. The van der Waals surface area contributed by atoms with Crippen LogP contribution in [0.3, 0.4) is 0 Å².